The maximum atomic E-state index is 13.1. The molecule has 3 aromatic rings. The van der Waals surface area contributed by atoms with Crippen LogP contribution in [0.5, 0.6) is 0 Å². The van der Waals surface area contributed by atoms with Gasteiger partial charge in [-0.2, -0.15) is 0 Å². The predicted molar refractivity (Wildman–Crippen MR) is 154 cm³/mol. The van der Waals surface area contributed by atoms with Gasteiger partial charge in [0.25, 0.3) is 0 Å². The van der Waals surface area contributed by atoms with Gasteiger partial charge < -0.3 is 0 Å². The van der Waals surface area contributed by atoms with E-state index in [1.165, 1.54) is 0 Å². The molecule has 0 radical (unpaired) electrons. The van der Waals surface area contributed by atoms with Crippen LogP contribution in [0, 0.1) is 5.41 Å². The number of benzene rings is 3. The van der Waals surface area contributed by atoms with E-state index in [9.17, 15) is 9.59 Å². The Morgan fingerprint density at radius 3 is 1.65 bits per heavy atom. The zero-order chi connectivity index (χ0) is 26.9. The molecule has 0 aliphatic heterocycles. The SMILES string of the molecule is CCOC(=O)C(=N)C(CCNC(=O)OC(C)(C)C)[PH](c1ccccc1)(c1ccccc1)c1ccccc1. The number of nitrogens with one attached hydrogen (secondary N) is 2. The van der Waals surface area contributed by atoms with Gasteiger partial charge in [-0.25, -0.2) is 0 Å². The first-order valence-electron chi connectivity index (χ1n) is 12.6. The van der Waals surface area contributed by atoms with Crippen LogP contribution in [-0.2, 0) is 14.3 Å². The molecule has 2 N–H and O–H groups in total. The van der Waals surface area contributed by atoms with Crippen molar-refractivity contribution in [2.45, 2.75) is 45.4 Å². The number of amides is 1. The van der Waals surface area contributed by atoms with Gasteiger partial charge in [0.15, 0.2) is 0 Å². The van der Waals surface area contributed by atoms with Crippen LogP contribution in [-0.4, -0.2) is 42.2 Å². The number of alkyl carbamates (subject to hydrolysis) is 1. The quantitative estimate of drug-likeness (QED) is 0.233. The topological polar surface area (TPSA) is 88.5 Å². The second-order valence-corrected chi connectivity index (χ2v) is 13.9. The number of ether oxygens (including phenoxy) is 2. The predicted octanol–water partition coefficient (Wildman–Crippen LogP) is 4.58. The normalized spacial score (nSPS) is 12.8. The molecule has 0 aliphatic carbocycles. The molecular formula is C30H37N2O4P. The van der Waals surface area contributed by atoms with Gasteiger partial charge in [0, 0.05) is 0 Å². The average Bonchev–Trinajstić information content (AvgIpc) is 2.89. The Morgan fingerprint density at radius 1 is 0.838 bits per heavy atom. The molecule has 6 nitrogen and oxygen atoms in total. The van der Waals surface area contributed by atoms with Crippen LogP contribution >= 0.6 is 7.26 Å². The number of rotatable bonds is 10. The molecule has 1 amide bonds. The molecule has 0 bridgehead atoms. The minimum atomic E-state index is -3.04. The maximum absolute atomic E-state index is 13.1. The molecule has 1 unspecified atom stereocenters. The zero-order valence-corrected chi connectivity index (χ0v) is 23.0. The molecule has 0 saturated carbocycles. The Balaban J connectivity index is 2.20. The van der Waals surface area contributed by atoms with Gasteiger partial charge in [-0.3, -0.25) is 0 Å². The Morgan fingerprint density at radius 2 is 1.27 bits per heavy atom. The van der Waals surface area contributed by atoms with Crippen LogP contribution in [0.1, 0.15) is 34.1 Å². The summed E-state index contributed by atoms with van der Waals surface area (Å²) in [6.45, 7) is 7.59. The van der Waals surface area contributed by atoms with E-state index in [4.69, 9.17) is 14.9 Å². The summed E-state index contributed by atoms with van der Waals surface area (Å²) in [5, 5.41) is 15.2. The molecule has 3 aromatic carbocycles. The van der Waals surface area contributed by atoms with Crippen molar-refractivity contribution < 1.29 is 19.1 Å². The van der Waals surface area contributed by atoms with Gasteiger partial charge in [0.05, 0.1) is 0 Å². The summed E-state index contributed by atoms with van der Waals surface area (Å²) in [6, 6.07) is 30.4. The molecule has 37 heavy (non-hydrogen) atoms. The van der Waals surface area contributed by atoms with Crippen molar-refractivity contribution >= 4 is 41.0 Å². The molecule has 196 valence electrons. The van der Waals surface area contributed by atoms with Gasteiger partial charge in [-0.1, -0.05) is 0 Å². The summed E-state index contributed by atoms with van der Waals surface area (Å²) in [5.41, 5.74) is -1.23. The standard InChI is InChI=1S/C30H37N2O4P/c1-5-35-28(33)27(31)26(21-22-32-29(34)36-30(2,3)4)37(23-15-9-6-10-16-23,24-17-11-7-12-18-24)25-19-13-8-14-20-25/h6-20,26,31,37H,5,21-22H2,1-4H3,(H,32,34). The molecule has 1 atom stereocenters. The van der Waals surface area contributed by atoms with Crippen LogP contribution in [0.15, 0.2) is 91.0 Å². The van der Waals surface area contributed by atoms with Gasteiger partial charge in [-0.15, -0.1) is 0 Å². The summed E-state index contributed by atoms with van der Waals surface area (Å²) < 4.78 is 10.7. The van der Waals surface area contributed by atoms with E-state index >= 15 is 0 Å². The Hall–Kier alpha value is -3.50. The van der Waals surface area contributed by atoms with Crippen molar-refractivity contribution in [3.8, 4) is 0 Å². The minimum absolute atomic E-state index is 0.0870. The van der Waals surface area contributed by atoms with Crippen molar-refractivity contribution in [2.75, 3.05) is 13.2 Å². The molecule has 0 spiro atoms. The molecule has 0 aliphatic rings. The van der Waals surface area contributed by atoms with E-state index in [0.717, 1.165) is 15.9 Å². The summed E-state index contributed by atoms with van der Waals surface area (Å²) in [6.07, 6.45) is -0.165. The van der Waals surface area contributed by atoms with Crippen molar-refractivity contribution in [2.24, 2.45) is 0 Å². The summed E-state index contributed by atoms with van der Waals surface area (Å²) in [4.78, 5) is 25.5. The van der Waals surface area contributed by atoms with E-state index in [2.05, 4.69) is 41.7 Å². The van der Waals surface area contributed by atoms with Crippen LogP contribution in [0.3, 0.4) is 0 Å². The van der Waals surface area contributed by atoms with Crippen molar-refractivity contribution in [1.29, 1.82) is 5.41 Å². The molecule has 0 fully saturated rings. The fourth-order valence-electron chi connectivity index (χ4n) is 4.77. The molecular weight excluding hydrogens is 483 g/mol. The second kappa shape index (κ2) is 12.6. The zero-order valence-electron chi connectivity index (χ0n) is 22.0. The van der Waals surface area contributed by atoms with Crippen molar-refractivity contribution in [3.05, 3.63) is 91.0 Å². The molecule has 3 rings (SSSR count). The van der Waals surface area contributed by atoms with Crippen LogP contribution < -0.4 is 21.2 Å². The fourth-order valence-corrected chi connectivity index (χ4v) is 10.3. The molecule has 0 heterocycles. The summed E-state index contributed by atoms with van der Waals surface area (Å²) in [5.74, 6) is -0.635. The van der Waals surface area contributed by atoms with E-state index in [1.54, 1.807) is 6.92 Å². The first-order chi connectivity index (χ1) is 17.7. The van der Waals surface area contributed by atoms with Gasteiger partial charge in [0.2, 0.25) is 0 Å². The first-order valence-corrected chi connectivity index (χ1v) is 14.7. The molecule has 0 aromatic heterocycles. The fraction of sp³-hybridized carbons (Fsp3) is 0.300. The molecule has 7 heteroatoms. The molecule has 0 saturated heterocycles. The van der Waals surface area contributed by atoms with E-state index in [1.807, 2.05) is 75.4 Å². The second-order valence-electron chi connectivity index (χ2n) is 9.81. The van der Waals surface area contributed by atoms with Gasteiger partial charge >= 0.3 is 220 Å². The monoisotopic (exact) mass is 520 g/mol. The van der Waals surface area contributed by atoms with Gasteiger partial charge in [0.1, 0.15) is 0 Å². The van der Waals surface area contributed by atoms with Crippen molar-refractivity contribution in [1.82, 2.24) is 5.32 Å². The number of carbonyl (C=O) groups excluding carboxylic acids is 2. The third kappa shape index (κ3) is 6.84. The average molecular weight is 521 g/mol. The van der Waals surface area contributed by atoms with Crippen LogP contribution in [0.25, 0.3) is 0 Å². The number of hydrogen-bond acceptors (Lipinski definition) is 5. The Kier molecular flexibility index (Phi) is 9.60. The van der Waals surface area contributed by atoms with Crippen molar-refractivity contribution in [3.63, 3.8) is 0 Å². The Labute approximate surface area is 220 Å². The summed E-state index contributed by atoms with van der Waals surface area (Å²) in [7, 11) is -3.04. The third-order valence-corrected chi connectivity index (χ3v) is 11.5. The Bertz CT molecular complexity index is 1080. The van der Waals surface area contributed by atoms with Crippen LogP contribution in [0.4, 0.5) is 4.79 Å². The van der Waals surface area contributed by atoms with E-state index in [-0.39, 0.29) is 18.9 Å². The first kappa shape index (κ1) is 28.1. The van der Waals surface area contributed by atoms with Crippen LogP contribution in [0.2, 0.25) is 0 Å². The summed E-state index contributed by atoms with van der Waals surface area (Å²) >= 11 is 0. The van der Waals surface area contributed by atoms with Gasteiger partial charge in [-0.05, 0) is 0 Å². The number of carbonyl (C=O) groups is 2. The number of esters is 1. The third-order valence-electron chi connectivity index (χ3n) is 6.16. The van der Waals surface area contributed by atoms with E-state index in [0.29, 0.717) is 6.42 Å². The van der Waals surface area contributed by atoms with E-state index < -0.39 is 30.6 Å². The number of hydrogen-bond donors (Lipinski definition) is 2.